The smallest absolute Gasteiger partial charge is 0.311 e. The summed E-state index contributed by atoms with van der Waals surface area (Å²) in [6, 6.07) is 0. The van der Waals surface area contributed by atoms with E-state index in [0.29, 0.717) is 13.0 Å². The lowest BCUT2D eigenvalue weighted by Crippen LogP contribution is -2.33. The van der Waals surface area contributed by atoms with E-state index in [1.807, 2.05) is 6.92 Å². The van der Waals surface area contributed by atoms with Crippen LogP contribution in [0.3, 0.4) is 0 Å². The number of hydrogen-bond acceptors (Lipinski definition) is 3. The number of nitrogens with zero attached hydrogens (tertiary/aromatic N) is 1. The van der Waals surface area contributed by atoms with E-state index in [9.17, 15) is 9.59 Å². The van der Waals surface area contributed by atoms with Gasteiger partial charge in [-0.15, -0.1) is 0 Å². The Morgan fingerprint density at radius 2 is 1.93 bits per heavy atom. The first-order valence-corrected chi connectivity index (χ1v) is 5.33. The number of likely N-dealkylation sites (tertiary alicyclic amines) is 1. The third-order valence-electron chi connectivity index (χ3n) is 3.21. The lowest BCUT2D eigenvalue weighted by Gasteiger charge is -2.24. The number of ether oxygens (including phenoxy) is 1. The highest BCUT2D eigenvalue weighted by atomic mass is 16.5. The van der Waals surface area contributed by atoms with Gasteiger partial charge >= 0.3 is 5.97 Å². The van der Waals surface area contributed by atoms with Crippen LogP contribution < -0.4 is 0 Å². The van der Waals surface area contributed by atoms with Gasteiger partial charge in [-0.3, -0.25) is 9.59 Å². The van der Waals surface area contributed by atoms with Gasteiger partial charge in [0, 0.05) is 20.0 Å². The van der Waals surface area contributed by atoms with Crippen molar-refractivity contribution in [3.8, 4) is 0 Å². The van der Waals surface area contributed by atoms with E-state index in [0.717, 1.165) is 19.4 Å². The van der Waals surface area contributed by atoms with Gasteiger partial charge in [0.25, 0.3) is 0 Å². The molecule has 0 spiro atoms. The van der Waals surface area contributed by atoms with Crippen molar-refractivity contribution in [2.75, 3.05) is 20.2 Å². The number of methoxy groups -OCH3 is 1. The summed E-state index contributed by atoms with van der Waals surface area (Å²) >= 11 is 0. The van der Waals surface area contributed by atoms with Crippen molar-refractivity contribution in [3.63, 3.8) is 0 Å². The number of rotatable bonds is 1. The molecule has 0 aromatic carbocycles. The van der Waals surface area contributed by atoms with Gasteiger partial charge in [0.15, 0.2) is 0 Å². The Balaban J connectivity index is 2.66. The summed E-state index contributed by atoms with van der Waals surface area (Å²) in [5.74, 6) is -0.0722. The van der Waals surface area contributed by atoms with E-state index in [2.05, 4.69) is 0 Å². The van der Waals surface area contributed by atoms with Gasteiger partial charge in [-0.05, 0) is 26.2 Å². The Morgan fingerprint density at radius 1 is 1.27 bits per heavy atom. The Labute approximate surface area is 90.6 Å². The second kappa shape index (κ2) is 4.64. The highest BCUT2D eigenvalue weighted by Crippen LogP contribution is 2.32. The predicted molar refractivity (Wildman–Crippen MR) is 56.2 cm³/mol. The molecule has 0 N–H and O–H groups in total. The van der Waals surface area contributed by atoms with Gasteiger partial charge in [0.1, 0.15) is 0 Å². The molecular formula is C11H19NO3. The summed E-state index contributed by atoms with van der Waals surface area (Å²) in [5.41, 5.74) is -0.418. The van der Waals surface area contributed by atoms with Gasteiger partial charge in [-0.2, -0.15) is 0 Å². The van der Waals surface area contributed by atoms with Crippen molar-refractivity contribution in [3.05, 3.63) is 0 Å². The van der Waals surface area contributed by atoms with Crippen LogP contribution in [0.25, 0.3) is 0 Å². The average Bonchev–Trinajstić information content (AvgIpc) is 2.40. The minimum absolute atomic E-state index is 0.0871. The molecule has 1 unspecified atom stereocenters. The van der Waals surface area contributed by atoms with E-state index in [1.54, 1.807) is 11.8 Å². The molecule has 1 atom stereocenters. The maximum atomic E-state index is 11.6. The van der Waals surface area contributed by atoms with E-state index in [1.165, 1.54) is 7.11 Å². The molecule has 0 aromatic heterocycles. The van der Waals surface area contributed by atoms with Crippen LogP contribution in [-0.4, -0.2) is 37.0 Å². The highest BCUT2D eigenvalue weighted by molar-refractivity contribution is 5.77. The Kier molecular flexibility index (Phi) is 3.72. The molecule has 1 saturated heterocycles. The molecule has 1 amide bonds. The number of esters is 1. The van der Waals surface area contributed by atoms with Gasteiger partial charge in [-0.1, -0.05) is 0 Å². The molecule has 0 bridgehead atoms. The molecule has 4 nitrogen and oxygen atoms in total. The number of amides is 1. The topological polar surface area (TPSA) is 46.6 Å². The zero-order valence-electron chi connectivity index (χ0n) is 9.71. The molecule has 86 valence electrons. The fourth-order valence-electron chi connectivity index (χ4n) is 2.04. The largest absolute Gasteiger partial charge is 0.469 e. The minimum atomic E-state index is -0.418. The maximum absolute atomic E-state index is 11.6. The summed E-state index contributed by atoms with van der Waals surface area (Å²) in [7, 11) is 1.42. The fourth-order valence-corrected chi connectivity index (χ4v) is 2.04. The Morgan fingerprint density at radius 3 is 2.47 bits per heavy atom. The van der Waals surface area contributed by atoms with Crippen LogP contribution in [0.1, 0.15) is 33.1 Å². The third-order valence-corrected chi connectivity index (χ3v) is 3.21. The SMILES string of the molecule is COC(=O)C1(C)CCCN(C(C)=O)CC1. The average molecular weight is 213 g/mol. The number of carbonyl (C=O) groups is 2. The van der Waals surface area contributed by atoms with Gasteiger partial charge < -0.3 is 9.64 Å². The summed E-state index contributed by atoms with van der Waals surface area (Å²) in [6.07, 6.45) is 2.36. The molecule has 0 aliphatic carbocycles. The van der Waals surface area contributed by atoms with Crippen LogP contribution in [0.15, 0.2) is 0 Å². The van der Waals surface area contributed by atoms with Crippen molar-refractivity contribution in [1.29, 1.82) is 0 Å². The summed E-state index contributed by atoms with van der Waals surface area (Å²) in [5, 5.41) is 0. The molecule has 1 rings (SSSR count). The van der Waals surface area contributed by atoms with E-state index in [4.69, 9.17) is 4.74 Å². The van der Waals surface area contributed by atoms with Gasteiger partial charge in [-0.25, -0.2) is 0 Å². The lowest BCUT2D eigenvalue weighted by molar-refractivity contribution is -0.152. The first-order chi connectivity index (χ1) is 6.99. The molecule has 4 heteroatoms. The van der Waals surface area contributed by atoms with Crippen molar-refractivity contribution >= 4 is 11.9 Å². The zero-order valence-corrected chi connectivity index (χ0v) is 9.71. The maximum Gasteiger partial charge on any atom is 0.311 e. The quantitative estimate of drug-likeness (QED) is 0.615. The molecule has 1 aliphatic rings. The summed E-state index contributed by atoms with van der Waals surface area (Å²) in [6.45, 7) is 4.89. The minimum Gasteiger partial charge on any atom is -0.469 e. The highest BCUT2D eigenvalue weighted by Gasteiger charge is 2.36. The first kappa shape index (κ1) is 12.0. The number of hydrogen-bond donors (Lipinski definition) is 0. The molecule has 0 saturated carbocycles. The molecule has 1 aliphatic heterocycles. The monoisotopic (exact) mass is 213 g/mol. The van der Waals surface area contributed by atoms with Crippen molar-refractivity contribution in [1.82, 2.24) is 4.90 Å². The lowest BCUT2D eigenvalue weighted by atomic mass is 9.83. The Hall–Kier alpha value is -1.06. The normalized spacial score (nSPS) is 27.0. The van der Waals surface area contributed by atoms with Gasteiger partial charge in [0.05, 0.1) is 12.5 Å². The molecule has 15 heavy (non-hydrogen) atoms. The molecule has 0 radical (unpaired) electrons. The van der Waals surface area contributed by atoms with E-state index >= 15 is 0 Å². The van der Waals surface area contributed by atoms with Crippen LogP contribution in [0.5, 0.6) is 0 Å². The molecular weight excluding hydrogens is 194 g/mol. The van der Waals surface area contributed by atoms with Crippen LogP contribution in [0.2, 0.25) is 0 Å². The van der Waals surface area contributed by atoms with Crippen molar-refractivity contribution in [2.24, 2.45) is 5.41 Å². The number of carbonyl (C=O) groups excluding carboxylic acids is 2. The first-order valence-electron chi connectivity index (χ1n) is 5.33. The Bertz CT molecular complexity index is 265. The van der Waals surface area contributed by atoms with Crippen LogP contribution in [-0.2, 0) is 14.3 Å². The summed E-state index contributed by atoms with van der Waals surface area (Å²) < 4.78 is 4.80. The van der Waals surface area contributed by atoms with E-state index < -0.39 is 5.41 Å². The zero-order chi connectivity index (χ0) is 11.5. The van der Waals surface area contributed by atoms with Crippen LogP contribution in [0, 0.1) is 5.41 Å². The summed E-state index contributed by atoms with van der Waals surface area (Å²) in [4.78, 5) is 24.6. The standard InChI is InChI=1S/C11H19NO3/c1-9(13)12-7-4-5-11(2,6-8-12)10(14)15-3/h4-8H2,1-3H3. The third kappa shape index (κ3) is 2.70. The molecule has 1 heterocycles. The van der Waals surface area contributed by atoms with Crippen LogP contribution >= 0.6 is 0 Å². The van der Waals surface area contributed by atoms with Crippen LogP contribution in [0.4, 0.5) is 0 Å². The molecule has 1 fully saturated rings. The second-order valence-corrected chi connectivity index (χ2v) is 4.41. The van der Waals surface area contributed by atoms with E-state index in [-0.39, 0.29) is 11.9 Å². The molecule has 0 aromatic rings. The predicted octanol–water partition coefficient (Wildman–Crippen LogP) is 1.20. The van der Waals surface area contributed by atoms with Crippen molar-refractivity contribution < 1.29 is 14.3 Å². The fraction of sp³-hybridized carbons (Fsp3) is 0.818. The van der Waals surface area contributed by atoms with Gasteiger partial charge in [0.2, 0.25) is 5.91 Å². The van der Waals surface area contributed by atoms with Crippen molar-refractivity contribution in [2.45, 2.75) is 33.1 Å². The second-order valence-electron chi connectivity index (χ2n) is 4.41.